The number of hydrogen-bond acceptors (Lipinski definition) is 4. The summed E-state index contributed by atoms with van der Waals surface area (Å²) >= 11 is 0. The minimum Gasteiger partial charge on any atom is -0.466 e. The molecule has 1 aromatic heterocycles. The summed E-state index contributed by atoms with van der Waals surface area (Å²) in [6.45, 7) is 2.37. The van der Waals surface area contributed by atoms with E-state index in [1.807, 2.05) is 30.3 Å². The van der Waals surface area contributed by atoms with Crippen molar-refractivity contribution < 1.29 is 19.1 Å². The molecule has 1 aliphatic rings. The van der Waals surface area contributed by atoms with E-state index in [2.05, 4.69) is 9.88 Å². The standard InChI is InChI=1S/C19H16N2O4/c1-11(22)25-10-4-9-21-14-6-3-2-5-12(14)16-15(21)8-7-13-17(16)19(24)20-18(13)23/h2-3,5-8H,4,9-10H2,1H3,(H,20,23,24). The zero-order valence-corrected chi connectivity index (χ0v) is 13.7. The maximum atomic E-state index is 12.3. The van der Waals surface area contributed by atoms with E-state index in [0.29, 0.717) is 30.7 Å². The normalized spacial score (nSPS) is 13.3. The van der Waals surface area contributed by atoms with Crippen molar-refractivity contribution in [1.82, 2.24) is 9.88 Å². The van der Waals surface area contributed by atoms with Gasteiger partial charge >= 0.3 is 5.97 Å². The van der Waals surface area contributed by atoms with Gasteiger partial charge < -0.3 is 9.30 Å². The molecule has 2 amide bonds. The fourth-order valence-corrected chi connectivity index (χ4v) is 3.48. The zero-order chi connectivity index (χ0) is 17.6. The molecule has 0 aliphatic carbocycles. The lowest BCUT2D eigenvalue weighted by molar-refractivity contribution is -0.141. The number of para-hydroxylation sites is 1. The van der Waals surface area contributed by atoms with Crippen LogP contribution in [0.1, 0.15) is 34.1 Å². The van der Waals surface area contributed by atoms with Crippen molar-refractivity contribution in [2.45, 2.75) is 19.9 Å². The Morgan fingerprint density at radius 2 is 1.88 bits per heavy atom. The van der Waals surface area contributed by atoms with Crippen molar-refractivity contribution in [3.05, 3.63) is 47.5 Å². The number of aromatic nitrogens is 1. The topological polar surface area (TPSA) is 77.4 Å². The number of carbonyl (C=O) groups excluding carboxylic acids is 3. The third kappa shape index (κ3) is 2.38. The summed E-state index contributed by atoms with van der Waals surface area (Å²) in [7, 11) is 0. The van der Waals surface area contributed by atoms with E-state index < -0.39 is 0 Å². The molecule has 2 aromatic carbocycles. The average molecular weight is 336 g/mol. The Morgan fingerprint density at radius 1 is 1.08 bits per heavy atom. The number of carbonyl (C=O) groups is 3. The number of esters is 1. The molecule has 0 spiro atoms. The molecule has 0 saturated carbocycles. The summed E-state index contributed by atoms with van der Waals surface area (Å²) in [5, 5.41) is 4.10. The van der Waals surface area contributed by atoms with Crippen molar-refractivity contribution in [3.8, 4) is 0 Å². The number of amides is 2. The number of hydrogen-bond donors (Lipinski definition) is 1. The van der Waals surface area contributed by atoms with Gasteiger partial charge in [-0.2, -0.15) is 0 Å². The number of ether oxygens (including phenoxy) is 1. The molecule has 25 heavy (non-hydrogen) atoms. The first-order chi connectivity index (χ1) is 12.1. The van der Waals surface area contributed by atoms with Crippen molar-refractivity contribution in [3.63, 3.8) is 0 Å². The van der Waals surface area contributed by atoms with E-state index in [-0.39, 0.29) is 17.8 Å². The summed E-state index contributed by atoms with van der Waals surface area (Å²) in [4.78, 5) is 35.1. The summed E-state index contributed by atoms with van der Waals surface area (Å²) in [6.07, 6.45) is 0.662. The molecule has 2 heterocycles. The van der Waals surface area contributed by atoms with E-state index in [4.69, 9.17) is 4.74 Å². The summed E-state index contributed by atoms with van der Waals surface area (Å²) in [5.41, 5.74) is 2.74. The minimum absolute atomic E-state index is 0.296. The van der Waals surface area contributed by atoms with Gasteiger partial charge in [0.2, 0.25) is 0 Å². The van der Waals surface area contributed by atoms with E-state index in [0.717, 1.165) is 21.8 Å². The number of fused-ring (bicyclic) bond motifs is 5. The Labute approximate surface area is 143 Å². The third-order valence-corrected chi connectivity index (χ3v) is 4.47. The molecule has 0 atom stereocenters. The smallest absolute Gasteiger partial charge is 0.302 e. The predicted molar refractivity (Wildman–Crippen MR) is 92.5 cm³/mol. The molecule has 0 unspecified atom stereocenters. The van der Waals surface area contributed by atoms with Crippen LogP contribution in [0.5, 0.6) is 0 Å². The van der Waals surface area contributed by atoms with E-state index in [1.54, 1.807) is 6.07 Å². The fourth-order valence-electron chi connectivity index (χ4n) is 3.48. The molecule has 1 N–H and O–H groups in total. The van der Waals surface area contributed by atoms with Gasteiger partial charge in [-0.1, -0.05) is 18.2 Å². The van der Waals surface area contributed by atoms with Gasteiger partial charge in [0.25, 0.3) is 11.8 Å². The quantitative estimate of drug-likeness (QED) is 0.451. The molecule has 0 fully saturated rings. The van der Waals surface area contributed by atoms with Crippen molar-refractivity contribution in [2.75, 3.05) is 6.61 Å². The van der Waals surface area contributed by atoms with Crippen molar-refractivity contribution >= 4 is 39.6 Å². The molecule has 0 radical (unpaired) electrons. The summed E-state index contributed by atoms with van der Waals surface area (Å²) < 4.78 is 7.11. The van der Waals surface area contributed by atoms with Gasteiger partial charge in [-0.15, -0.1) is 0 Å². The molecule has 1 aliphatic heterocycles. The molecular formula is C19H16N2O4. The van der Waals surface area contributed by atoms with Crippen LogP contribution < -0.4 is 5.32 Å². The van der Waals surface area contributed by atoms with Crippen LogP contribution in [-0.4, -0.2) is 29.0 Å². The highest BCUT2D eigenvalue weighted by Crippen LogP contribution is 2.35. The molecule has 4 rings (SSSR count). The average Bonchev–Trinajstić information content (AvgIpc) is 3.06. The van der Waals surface area contributed by atoms with Gasteiger partial charge in [0.1, 0.15) is 0 Å². The predicted octanol–water partition coefficient (Wildman–Crippen LogP) is 2.63. The minimum atomic E-state index is -0.353. The molecule has 6 nitrogen and oxygen atoms in total. The summed E-state index contributed by atoms with van der Waals surface area (Å²) in [5.74, 6) is -1.00. The lowest BCUT2D eigenvalue weighted by Crippen LogP contribution is -2.19. The molecule has 6 heteroatoms. The van der Waals surface area contributed by atoms with Crippen LogP contribution in [0.4, 0.5) is 0 Å². The van der Waals surface area contributed by atoms with Gasteiger partial charge in [0.05, 0.1) is 17.7 Å². The largest absolute Gasteiger partial charge is 0.466 e. The van der Waals surface area contributed by atoms with Gasteiger partial charge in [-0.3, -0.25) is 19.7 Å². The van der Waals surface area contributed by atoms with Gasteiger partial charge in [0, 0.05) is 35.3 Å². The Kier molecular flexibility index (Phi) is 3.53. The number of benzene rings is 2. The fraction of sp³-hybridized carbons (Fsp3) is 0.211. The van der Waals surface area contributed by atoms with Gasteiger partial charge in [-0.05, 0) is 24.6 Å². The first-order valence-electron chi connectivity index (χ1n) is 8.11. The van der Waals surface area contributed by atoms with Crippen LogP contribution in [-0.2, 0) is 16.1 Å². The number of rotatable bonds is 4. The number of imide groups is 1. The number of aryl methyl sites for hydroxylation is 1. The van der Waals surface area contributed by atoms with Crippen LogP contribution >= 0.6 is 0 Å². The maximum Gasteiger partial charge on any atom is 0.302 e. The highest BCUT2D eigenvalue weighted by Gasteiger charge is 2.30. The van der Waals surface area contributed by atoms with Crippen LogP contribution in [0.25, 0.3) is 21.8 Å². The highest BCUT2D eigenvalue weighted by molar-refractivity contribution is 6.30. The first-order valence-corrected chi connectivity index (χ1v) is 8.11. The lowest BCUT2D eigenvalue weighted by Gasteiger charge is -2.08. The van der Waals surface area contributed by atoms with Gasteiger partial charge in [0.15, 0.2) is 0 Å². The number of nitrogens with one attached hydrogen (secondary N) is 1. The monoisotopic (exact) mass is 336 g/mol. The first kappa shape index (κ1) is 15.4. The second kappa shape index (κ2) is 5.73. The Hall–Kier alpha value is -3.15. The third-order valence-electron chi connectivity index (χ3n) is 4.47. The lowest BCUT2D eigenvalue weighted by atomic mass is 10.0. The SMILES string of the molecule is CC(=O)OCCCn1c2ccccc2c2c3c(ccc21)C(=O)NC3=O. The van der Waals surface area contributed by atoms with E-state index in [1.165, 1.54) is 6.92 Å². The van der Waals surface area contributed by atoms with Crippen molar-refractivity contribution in [2.24, 2.45) is 0 Å². The highest BCUT2D eigenvalue weighted by atomic mass is 16.5. The van der Waals surface area contributed by atoms with Gasteiger partial charge in [-0.25, -0.2) is 0 Å². The van der Waals surface area contributed by atoms with Crippen molar-refractivity contribution in [1.29, 1.82) is 0 Å². The second-order valence-electron chi connectivity index (χ2n) is 6.03. The molecular weight excluding hydrogens is 320 g/mol. The van der Waals surface area contributed by atoms with Crippen LogP contribution in [0.15, 0.2) is 36.4 Å². The molecule has 126 valence electrons. The number of nitrogens with zero attached hydrogens (tertiary/aromatic N) is 1. The second-order valence-corrected chi connectivity index (χ2v) is 6.03. The maximum absolute atomic E-state index is 12.3. The van der Waals surface area contributed by atoms with Crippen LogP contribution in [0.3, 0.4) is 0 Å². The van der Waals surface area contributed by atoms with E-state index in [9.17, 15) is 14.4 Å². The Balaban J connectivity index is 1.88. The zero-order valence-electron chi connectivity index (χ0n) is 13.7. The summed E-state index contributed by atoms with van der Waals surface area (Å²) in [6, 6.07) is 11.4. The molecule has 0 saturated heterocycles. The Bertz CT molecular complexity index is 1050. The molecule has 3 aromatic rings. The van der Waals surface area contributed by atoms with Crippen LogP contribution in [0, 0.1) is 0 Å². The molecule has 0 bridgehead atoms. The Morgan fingerprint density at radius 3 is 2.68 bits per heavy atom. The van der Waals surface area contributed by atoms with E-state index >= 15 is 0 Å². The van der Waals surface area contributed by atoms with Crippen LogP contribution in [0.2, 0.25) is 0 Å².